The predicted octanol–water partition coefficient (Wildman–Crippen LogP) is 2.73. The highest BCUT2D eigenvalue weighted by molar-refractivity contribution is 5.78. The van der Waals surface area contributed by atoms with Gasteiger partial charge in [-0.2, -0.15) is 0 Å². The third-order valence-corrected chi connectivity index (χ3v) is 3.13. The normalized spacial score (nSPS) is 12.3. The number of hydrogen-bond donors (Lipinski definition) is 2. The summed E-state index contributed by atoms with van der Waals surface area (Å²) in [5, 5.41) is 6.16. The first-order valence-electron chi connectivity index (χ1n) is 7.25. The molecule has 21 heavy (non-hydrogen) atoms. The third-order valence-electron chi connectivity index (χ3n) is 3.13. The fraction of sp³-hybridized carbons (Fsp3) is 0.353. The van der Waals surface area contributed by atoms with Gasteiger partial charge in [0.2, 0.25) is 5.91 Å². The summed E-state index contributed by atoms with van der Waals surface area (Å²) < 4.78 is 5.49. The molecule has 4 heteroatoms. The number of furan rings is 1. The van der Waals surface area contributed by atoms with Gasteiger partial charge in [-0.05, 0) is 23.6 Å². The summed E-state index contributed by atoms with van der Waals surface area (Å²) in [5.74, 6) is 1.25. The van der Waals surface area contributed by atoms with Crippen molar-refractivity contribution < 1.29 is 9.21 Å². The van der Waals surface area contributed by atoms with Gasteiger partial charge >= 0.3 is 0 Å². The molecular formula is C17H22N2O2. The average Bonchev–Trinajstić information content (AvgIpc) is 3.00. The van der Waals surface area contributed by atoms with E-state index in [0.29, 0.717) is 12.5 Å². The van der Waals surface area contributed by atoms with E-state index in [0.717, 1.165) is 11.3 Å². The standard InChI is InChI=1S/C17H22N2O2/c1-13(2)11-18-16(20)12-19-17(15-9-6-10-21-15)14-7-4-3-5-8-14/h3-10,13,17,19H,11-12H2,1-2H3,(H,18,20)/t17-/m0/s1. The molecule has 112 valence electrons. The van der Waals surface area contributed by atoms with Crippen LogP contribution in [0, 0.1) is 5.92 Å². The molecule has 2 rings (SSSR count). The van der Waals surface area contributed by atoms with Gasteiger partial charge < -0.3 is 9.73 Å². The van der Waals surface area contributed by atoms with Crippen molar-refractivity contribution in [1.29, 1.82) is 0 Å². The first-order chi connectivity index (χ1) is 10.2. The van der Waals surface area contributed by atoms with Crippen molar-refractivity contribution in [3.05, 3.63) is 60.1 Å². The van der Waals surface area contributed by atoms with Crippen molar-refractivity contribution in [3.8, 4) is 0 Å². The summed E-state index contributed by atoms with van der Waals surface area (Å²) in [6, 6.07) is 13.6. The molecule has 0 unspecified atom stereocenters. The summed E-state index contributed by atoms with van der Waals surface area (Å²) in [4.78, 5) is 11.8. The Labute approximate surface area is 125 Å². The molecule has 1 atom stereocenters. The molecule has 0 aliphatic carbocycles. The Kier molecular flexibility index (Phi) is 5.58. The zero-order chi connectivity index (χ0) is 15.1. The lowest BCUT2D eigenvalue weighted by atomic mass is 10.0. The largest absolute Gasteiger partial charge is 0.467 e. The minimum absolute atomic E-state index is 0.00353. The lowest BCUT2D eigenvalue weighted by Gasteiger charge is -2.17. The number of carbonyl (C=O) groups is 1. The van der Waals surface area contributed by atoms with E-state index in [1.165, 1.54) is 0 Å². The molecule has 0 saturated carbocycles. The summed E-state index contributed by atoms with van der Waals surface area (Å²) in [5.41, 5.74) is 1.07. The number of carbonyl (C=O) groups excluding carboxylic acids is 1. The summed E-state index contributed by atoms with van der Waals surface area (Å²) in [6.45, 7) is 5.09. The van der Waals surface area contributed by atoms with Gasteiger partial charge in [-0.3, -0.25) is 10.1 Å². The molecule has 0 spiro atoms. The topological polar surface area (TPSA) is 54.3 Å². The number of amides is 1. The number of hydrogen-bond acceptors (Lipinski definition) is 3. The van der Waals surface area contributed by atoms with Crippen LogP contribution in [0.25, 0.3) is 0 Å². The monoisotopic (exact) mass is 286 g/mol. The molecule has 0 aliphatic rings. The summed E-state index contributed by atoms with van der Waals surface area (Å²) in [7, 11) is 0. The van der Waals surface area contributed by atoms with E-state index in [4.69, 9.17) is 4.42 Å². The fourth-order valence-corrected chi connectivity index (χ4v) is 2.06. The van der Waals surface area contributed by atoms with E-state index >= 15 is 0 Å². The molecule has 4 nitrogen and oxygen atoms in total. The van der Waals surface area contributed by atoms with Crippen LogP contribution in [-0.4, -0.2) is 19.0 Å². The van der Waals surface area contributed by atoms with Crippen LogP contribution < -0.4 is 10.6 Å². The number of nitrogens with one attached hydrogen (secondary N) is 2. The van der Waals surface area contributed by atoms with Crippen LogP contribution in [0.4, 0.5) is 0 Å². The molecule has 1 amide bonds. The highest BCUT2D eigenvalue weighted by Gasteiger charge is 2.17. The van der Waals surface area contributed by atoms with Crippen molar-refractivity contribution in [2.75, 3.05) is 13.1 Å². The molecule has 2 aromatic rings. The van der Waals surface area contributed by atoms with Gasteiger partial charge in [-0.1, -0.05) is 44.2 Å². The highest BCUT2D eigenvalue weighted by atomic mass is 16.3. The van der Waals surface area contributed by atoms with Gasteiger partial charge in [-0.15, -0.1) is 0 Å². The molecule has 1 aromatic heterocycles. The Hall–Kier alpha value is -2.07. The minimum Gasteiger partial charge on any atom is -0.467 e. The van der Waals surface area contributed by atoms with E-state index in [2.05, 4.69) is 24.5 Å². The summed E-state index contributed by atoms with van der Waals surface area (Å²) >= 11 is 0. The van der Waals surface area contributed by atoms with Crippen molar-refractivity contribution >= 4 is 5.91 Å². The molecule has 1 aromatic carbocycles. The lowest BCUT2D eigenvalue weighted by Crippen LogP contribution is -2.37. The predicted molar refractivity (Wildman–Crippen MR) is 82.8 cm³/mol. The number of rotatable bonds is 7. The zero-order valence-corrected chi connectivity index (χ0v) is 12.5. The van der Waals surface area contributed by atoms with Gasteiger partial charge in [-0.25, -0.2) is 0 Å². The Morgan fingerprint density at radius 1 is 1.14 bits per heavy atom. The second kappa shape index (κ2) is 7.64. The smallest absolute Gasteiger partial charge is 0.233 e. The first kappa shape index (κ1) is 15.3. The third kappa shape index (κ3) is 4.76. The summed E-state index contributed by atoms with van der Waals surface area (Å²) in [6.07, 6.45) is 1.64. The van der Waals surface area contributed by atoms with Crippen LogP contribution in [0.15, 0.2) is 53.1 Å². The highest BCUT2D eigenvalue weighted by Crippen LogP contribution is 2.21. The first-order valence-corrected chi connectivity index (χ1v) is 7.25. The van der Waals surface area contributed by atoms with E-state index in [9.17, 15) is 4.79 Å². The Morgan fingerprint density at radius 2 is 1.90 bits per heavy atom. The molecule has 0 aliphatic heterocycles. The van der Waals surface area contributed by atoms with E-state index in [1.807, 2.05) is 42.5 Å². The van der Waals surface area contributed by atoms with Crippen LogP contribution in [-0.2, 0) is 4.79 Å². The van der Waals surface area contributed by atoms with E-state index < -0.39 is 0 Å². The van der Waals surface area contributed by atoms with Crippen LogP contribution in [0.3, 0.4) is 0 Å². The molecule has 0 bridgehead atoms. The molecular weight excluding hydrogens is 264 g/mol. The Bertz CT molecular complexity index is 535. The molecule has 0 fully saturated rings. The van der Waals surface area contributed by atoms with Gasteiger partial charge in [0.25, 0.3) is 0 Å². The quantitative estimate of drug-likeness (QED) is 0.823. The Balaban J connectivity index is 1.99. The average molecular weight is 286 g/mol. The second-order valence-corrected chi connectivity index (χ2v) is 5.44. The van der Waals surface area contributed by atoms with Crippen LogP contribution in [0.2, 0.25) is 0 Å². The second-order valence-electron chi connectivity index (χ2n) is 5.44. The van der Waals surface area contributed by atoms with Crippen molar-refractivity contribution in [3.63, 3.8) is 0 Å². The Morgan fingerprint density at radius 3 is 2.52 bits per heavy atom. The van der Waals surface area contributed by atoms with Gasteiger partial charge in [0, 0.05) is 6.54 Å². The van der Waals surface area contributed by atoms with Crippen molar-refractivity contribution in [2.45, 2.75) is 19.9 Å². The van der Waals surface area contributed by atoms with Crippen molar-refractivity contribution in [2.24, 2.45) is 5.92 Å². The number of benzene rings is 1. The fourth-order valence-electron chi connectivity index (χ4n) is 2.06. The lowest BCUT2D eigenvalue weighted by molar-refractivity contribution is -0.120. The maximum atomic E-state index is 11.8. The maximum absolute atomic E-state index is 11.8. The molecule has 2 N–H and O–H groups in total. The molecule has 1 heterocycles. The van der Waals surface area contributed by atoms with Crippen molar-refractivity contribution in [1.82, 2.24) is 10.6 Å². The van der Waals surface area contributed by atoms with Gasteiger partial charge in [0.15, 0.2) is 0 Å². The van der Waals surface area contributed by atoms with Crippen LogP contribution in [0.5, 0.6) is 0 Å². The maximum Gasteiger partial charge on any atom is 0.233 e. The van der Waals surface area contributed by atoms with E-state index in [1.54, 1.807) is 6.26 Å². The van der Waals surface area contributed by atoms with E-state index in [-0.39, 0.29) is 18.5 Å². The zero-order valence-electron chi connectivity index (χ0n) is 12.5. The molecule has 0 radical (unpaired) electrons. The SMILES string of the molecule is CC(C)CNC(=O)CN[C@@H](c1ccccc1)c1ccco1. The van der Waals surface area contributed by atoms with Gasteiger partial charge in [0.1, 0.15) is 5.76 Å². The minimum atomic E-state index is -0.119. The molecule has 0 saturated heterocycles. The van der Waals surface area contributed by atoms with Gasteiger partial charge in [0.05, 0.1) is 18.8 Å². The van der Waals surface area contributed by atoms with Crippen LogP contribution >= 0.6 is 0 Å². The van der Waals surface area contributed by atoms with Crippen LogP contribution in [0.1, 0.15) is 31.2 Å².